The summed E-state index contributed by atoms with van der Waals surface area (Å²) in [6.45, 7) is 1.50. The van der Waals surface area contributed by atoms with Gasteiger partial charge in [0.2, 0.25) is 0 Å². The monoisotopic (exact) mass is 298 g/mol. The molecule has 0 saturated heterocycles. The van der Waals surface area contributed by atoms with Crippen LogP contribution in [0.25, 0.3) is 0 Å². The highest BCUT2D eigenvalue weighted by molar-refractivity contribution is 9.10. The van der Waals surface area contributed by atoms with E-state index in [9.17, 15) is 0 Å². The van der Waals surface area contributed by atoms with Gasteiger partial charge in [0.25, 0.3) is 0 Å². The molecule has 2 rings (SSSR count). The zero-order valence-electron chi connectivity index (χ0n) is 10.2. The number of benzene rings is 1. The topological polar surface area (TPSA) is 18.5 Å². The molecule has 0 aliphatic heterocycles. The highest BCUT2D eigenvalue weighted by atomic mass is 79.9. The molecule has 0 spiro atoms. The molecule has 0 radical (unpaired) electrons. The molecule has 0 unspecified atom stereocenters. The maximum Gasteiger partial charge on any atom is 0.124 e. The molecule has 1 aromatic rings. The van der Waals surface area contributed by atoms with Crippen LogP contribution in [0.1, 0.15) is 31.2 Å². The average Bonchev–Trinajstić information content (AvgIpc) is 2.26. The Balaban J connectivity index is 1.78. The Morgan fingerprint density at radius 3 is 2.82 bits per heavy atom. The highest BCUT2D eigenvalue weighted by Crippen LogP contribution is 2.29. The van der Waals surface area contributed by atoms with Crippen LogP contribution in [-0.4, -0.2) is 13.7 Å². The van der Waals surface area contributed by atoms with E-state index >= 15 is 0 Å². The largest absolute Gasteiger partial charge is 0.496 e. The second-order valence-corrected chi connectivity index (χ2v) is 5.51. The van der Waals surface area contributed by atoms with Crippen molar-refractivity contribution in [3.05, 3.63) is 28.2 Å². The summed E-state index contributed by atoms with van der Waals surface area (Å²) in [5.74, 6) is 1.82. The summed E-state index contributed by atoms with van der Waals surface area (Å²) in [7, 11) is 1.70. The maximum atomic E-state index is 5.72. The van der Waals surface area contributed by atoms with Crippen LogP contribution in [0.15, 0.2) is 22.7 Å². The molecule has 1 aliphatic carbocycles. The first-order chi connectivity index (χ1) is 8.29. The van der Waals surface area contributed by atoms with E-state index in [2.05, 4.69) is 22.0 Å². The Hall–Kier alpha value is -0.540. The van der Waals surface area contributed by atoms with E-state index in [-0.39, 0.29) is 0 Å². The van der Waals surface area contributed by atoms with Crippen LogP contribution in [-0.2, 0) is 11.3 Å². The second-order valence-electron chi connectivity index (χ2n) is 4.59. The van der Waals surface area contributed by atoms with Crippen molar-refractivity contribution in [3.8, 4) is 5.75 Å². The summed E-state index contributed by atoms with van der Waals surface area (Å²) in [5, 5.41) is 0. The normalized spacial score (nSPS) is 15.6. The minimum atomic E-state index is 0.634. The number of methoxy groups -OCH3 is 1. The molecule has 3 heteroatoms. The molecule has 0 amide bonds. The fourth-order valence-electron chi connectivity index (χ4n) is 2.07. The van der Waals surface area contributed by atoms with Crippen LogP contribution >= 0.6 is 15.9 Å². The van der Waals surface area contributed by atoms with E-state index in [4.69, 9.17) is 9.47 Å². The molecular weight excluding hydrogens is 280 g/mol. The lowest BCUT2D eigenvalue weighted by Crippen LogP contribution is -2.13. The predicted molar refractivity (Wildman–Crippen MR) is 72.3 cm³/mol. The van der Waals surface area contributed by atoms with Gasteiger partial charge in [0, 0.05) is 16.6 Å². The first-order valence-electron chi connectivity index (χ1n) is 6.20. The molecule has 17 heavy (non-hydrogen) atoms. The van der Waals surface area contributed by atoms with Crippen molar-refractivity contribution in [2.75, 3.05) is 13.7 Å². The fourth-order valence-corrected chi connectivity index (χ4v) is 2.48. The van der Waals surface area contributed by atoms with Gasteiger partial charge in [0.15, 0.2) is 0 Å². The molecular formula is C14H19BrO2. The second kappa shape index (κ2) is 6.41. The summed E-state index contributed by atoms with van der Waals surface area (Å²) in [5.41, 5.74) is 1.11. The molecule has 1 aromatic carbocycles. The third kappa shape index (κ3) is 3.71. The van der Waals surface area contributed by atoms with E-state index in [0.29, 0.717) is 6.61 Å². The SMILES string of the molecule is COc1ccc(Br)cc1COCCC1CCC1. The highest BCUT2D eigenvalue weighted by Gasteiger charge is 2.16. The van der Waals surface area contributed by atoms with Gasteiger partial charge in [-0.25, -0.2) is 0 Å². The van der Waals surface area contributed by atoms with Crippen molar-refractivity contribution in [2.45, 2.75) is 32.3 Å². The summed E-state index contributed by atoms with van der Waals surface area (Å²) < 4.78 is 12.1. The molecule has 2 nitrogen and oxygen atoms in total. The molecule has 1 aliphatic rings. The Kier molecular flexibility index (Phi) is 4.86. The molecule has 0 heterocycles. The van der Waals surface area contributed by atoms with Gasteiger partial charge in [-0.1, -0.05) is 35.2 Å². The van der Waals surface area contributed by atoms with Crippen molar-refractivity contribution in [1.29, 1.82) is 0 Å². The van der Waals surface area contributed by atoms with Gasteiger partial charge in [-0.15, -0.1) is 0 Å². The fraction of sp³-hybridized carbons (Fsp3) is 0.571. The quantitative estimate of drug-likeness (QED) is 0.734. The summed E-state index contributed by atoms with van der Waals surface area (Å²) >= 11 is 3.47. The molecule has 0 atom stereocenters. The molecule has 0 N–H and O–H groups in total. The minimum Gasteiger partial charge on any atom is -0.496 e. The van der Waals surface area contributed by atoms with Crippen molar-refractivity contribution < 1.29 is 9.47 Å². The van der Waals surface area contributed by atoms with E-state index in [1.807, 2.05) is 12.1 Å². The number of ether oxygens (including phenoxy) is 2. The summed E-state index contributed by atoms with van der Waals surface area (Å²) in [6, 6.07) is 6.01. The van der Waals surface area contributed by atoms with Gasteiger partial charge in [-0.3, -0.25) is 0 Å². The maximum absolute atomic E-state index is 5.72. The first-order valence-corrected chi connectivity index (χ1v) is 6.99. The molecule has 1 saturated carbocycles. The van der Waals surface area contributed by atoms with Crippen molar-refractivity contribution in [2.24, 2.45) is 5.92 Å². The lowest BCUT2D eigenvalue weighted by atomic mass is 9.83. The number of hydrogen-bond acceptors (Lipinski definition) is 2. The van der Waals surface area contributed by atoms with Gasteiger partial charge in [0.05, 0.1) is 13.7 Å². The van der Waals surface area contributed by atoms with Crippen LogP contribution < -0.4 is 4.74 Å². The molecule has 0 bridgehead atoms. The third-order valence-corrected chi connectivity index (χ3v) is 3.89. The molecule has 1 fully saturated rings. The van der Waals surface area contributed by atoms with Crippen molar-refractivity contribution >= 4 is 15.9 Å². The van der Waals surface area contributed by atoms with Gasteiger partial charge in [0.1, 0.15) is 5.75 Å². The van der Waals surface area contributed by atoms with E-state index in [0.717, 1.165) is 28.3 Å². The van der Waals surface area contributed by atoms with E-state index in [1.165, 1.54) is 25.7 Å². The predicted octanol–water partition coefficient (Wildman–Crippen LogP) is 4.16. The van der Waals surface area contributed by atoms with Gasteiger partial charge >= 0.3 is 0 Å². The van der Waals surface area contributed by atoms with Crippen LogP contribution in [0.3, 0.4) is 0 Å². The van der Waals surface area contributed by atoms with E-state index < -0.39 is 0 Å². The average molecular weight is 299 g/mol. The Morgan fingerprint density at radius 2 is 2.18 bits per heavy atom. The Bertz CT molecular complexity index is 361. The lowest BCUT2D eigenvalue weighted by molar-refractivity contribution is 0.0936. The Labute approximate surface area is 111 Å². The number of hydrogen-bond donors (Lipinski definition) is 0. The van der Waals surface area contributed by atoms with Gasteiger partial charge in [-0.05, 0) is 30.5 Å². The third-order valence-electron chi connectivity index (χ3n) is 3.40. The van der Waals surface area contributed by atoms with Crippen LogP contribution in [0, 0.1) is 5.92 Å². The summed E-state index contributed by atoms with van der Waals surface area (Å²) in [6.07, 6.45) is 5.40. The smallest absolute Gasteiger partial charge is 0.124 e. The number of rotatable bonds is 6. The zero-order valence-corrected chi connectivity index (χ0v) is 11.8. The Morgan fingerprint density at radius 1 is 1.35 bits per heavy atom. The first kappa shape index (κ1) is 12.9. The number of halogens is 1. The standard InChI is InChI=1S/C14H19BrO2/c1-16-14-6-5-13(15)9-12(14)10-17-8-7-11-3-2-4-11/h5-6,9,11H,2-4,7-8,10H2,1H3. The van der Waals surface area contributed by atoms with E-state index in [1.54, 1.807) is 7.11 Å². The minimum absolute atomic E-state index is 0.634. The van der Waals surface area contributed by atoms with Crippen LogP contribution in [0.4, 0.5) is 0 Å². The van der Waals surface area contributed by atoms with Gasteiger partial charge in [-0.2, -0.15) is 0 Å². The lowest BCUT2D eigenvalue weighted by Gasteiger charge is -2.24. The summed E-state index contributed by atoms with van der Waals surface area (Å²) in [4.78, 5) is 0. The van der Waals surface area contributed by atoms with Crippen LogP contribution in [0.2, 0.25) is 0 Å². The van der Waals surface area contributed by atoms with Crippen molar-refractivity contribution in [1.82, 2.24) is 0 Å². The van der Waals surface area contributed by atoms with Crippen LogP contribution in [0.5, 0.6) is 5.75 Å². The van der Waals surface area contributed by atoms with Crippen molar-refractivity contribution in [3.63, 3.8) is 0 Å². The molecule has 94 valence electrons. The van der Waals surface area contributed by atoms with Gasteiger partial charge < -0.3 is 9.47 Å². The molecule has 0 aromatic heterocycles. The zero-order chi connectivity index (χ0) is 12.1.